The number of nitrogens with one attached hydrogen (secondary N) is 1. The van der Waals surface area contributed by atoms with Crippen molar-refractivity contribution in [3.05, 3.63) is 29.8 Å². The van der Waals surface area contributed by atoms with Crippen LogP contribution in [-0.2, 0) is 10.2 Å². The molecule has 0 unspecified atom stereocenters. The summed E-state index contributed by atoms with van der Waals surface area (Å²) in [7, 11) is 1.70. The second-order valence-corrected chi connectivity index (χ2v) is 5.50. The van der Waals surface area contributed by atoms with Crippen molar-refractivity contribution in [2.45, 2.75) is 37.5 Å². The minimum atomic E-state index is 0. The Morgan fingerprint density at radius 3 is 2.62 bits per heavy atom. The molecule has 3 N–H and O–H groups in total. The van der Waals surface area contributed by atoms with Gasteiger partial charge >= 0.3 is 0 Å². The number of carbonyl (C=O) groups excluding carboxylic acids is 1. The number of amides is 1. The predicted octanol–water partition coefficient (Wildman–Crippen LogP) is 2.39. The molecule has 1 fully saturated rings. The fourth-order valence-electron chi connectivity index (χ4n) is 3.16. The highest BCUT2D eigenvalue weighted by molar-refractivity contribution is 5.85. The topological polar surface area (TPSA) is 64.3 Å². The third-order valence-electron chi connectivity index (χ3n) is 4.23. The summed E-state index contributed by atoms with van der Waals surface area (Å²) >= 11 is 0. The van der Waals surface area contributed by atoms with Crippen LogP contribution in [0.2, 0.25) is 0 Å². The van der Waals surface area contributed by atoms with Gasteiger partial charge in [-0.1, -0.05) is 31.0 Å². The Kier molecular flexibility index (Phi) is 6.99. The lowest BCUT2D eigenvalue weighted by Gasteiger charge is -2.31. The Labute approximate surface area is 132 Å². The largest absolute Gasteiger partial charge is 0.496 e. The second kappa shape index (κ2) is 8.25. The Morgan fingerprint density at radius 2 is 2.00 bits per heavy atom. The number of carbonyl (C=O) groups is 1. The average Bonchev–Trinajstić information content (AvgIpc) is 2.95. The van der Waals surface area contributed by atoms with E-state index in [2.05, 4.69) is 11.4 Å². The summed E-state index contributed by atoms with van der Waals surface area (Å²) in [4.78, 5) is 11.7. The zero-order chi connectivity index (χ0) is 14.4. The van der Waals surface area contributed by atoms with Crippen molar-refractivity contribution in [2.24, 2.45) is 5.73 Å². The molecule has 1 aromatic carbocycles. The van der Waals surface area contributed by atoms with Gasteiger partial charge in [-0.25, -0.2) is 0 Å². The van der Waals surface area contributed by atoms with Gasteiger partial charge in [-0.3, -0.25) is 4.79 Å². The first kappa shape index (κ1) is 17.8. The molecule has 21 heavy (non-hydrogen) atoms. The lowest BCUT2D eigenvalue weighted by molar-refractivity contribution is -0.121. The van der Waals surface area contributed by atoms with Crippen LogP contribution in [0.15, 0.2) is 24.3 Å². The molecule has 0 aliphatic heterocycles. The Hall–Kier alpha value is -1.26. The molecule has 0 heterocycles. The molecule has 1 saturated carbocycles. The third-order valence-corrected chi connectivity index (χ3v) is 4.23. The molecule has 0 aromatic heterocycles. The summed E-state index contributed by atoms with van der Waals surface area (Å²) in [6.07, 6.45) is 4.98. The van der Waals surface area contributed by atoms with E-state index in [9.17, 15) is 4.79 Å². The van der Waals surface area contributed by atoms with Gasteiger partial charge in [0.05, 0.1) is 7.11 Å². The number of methoxy groups -OCH3 is 1. The van der Waals surface area contributed by atoms with E-state index >= 15 is 0 Å². The molecule has 0 atom stereocenters. The normalized spacial score (nSPS) is 16.1. The minimum Gasteiger partial charge on any atom is -0.496 e. The van der Waals surface area contributed by atoms with Gasteiger partial charge in [0.15, 0.2) is 0 Å². The van der Waals surface area contributed by atoms with E-state index in [0.29, 0.717) is 19.5 Å². The van der Waals surface area contributed by atoms with Crippen molar-refractivity contribution in [3.63, 3.8) is 0 Å². The maximum atomic E-state index is 11.7. The van der Waals surface area contributed by atoms with Crippen molar-refractivity contribution in [2.75, 3.05) is 20.2 Å². The molecule has 5 heteroatoms. The number of rotatable bonds is 6. The summed E-state index contributed by atoms with van der Waals surface area (Å²) in [6.45, 7) is 1.07. The number of nitrogens with two attached hydrogens (primary N) is 1. The molecule has 4 nitrogen and oxygen atoms in total. The van der Waals surface area contributed by atoms with Crippen LogP contribution >= 0.6 is 12.4 Å². The first-order chi connectivity index (χ1) is 9.72. The molecule has 1 amide bonds. The standard InChI is InChI=1S/C16H24N2O2.ClH/c1-20-14-7-3-2-6-13(14)16(9-4-5-10-16)12-18-15(19)8-11-17;/h2-3,6-7H,4-5,8-12,17H2,1H3,(H,18,19);1H. The van der Waals surface area contributed by atoms with Crippen LogP contribution in [0.5, 0.6) is 5.75 Å². The Morgan fingerprint density at radius 1 is 1.33 bits per heavy atom. The fraction of sp³-hybridized carbons (Fsp3) is 0.562. The van der Waals surface area contributed by atoms with Crippen molar-refractivity contribution < 1.29 is 9.53 Å². The number of halogens is 1. The molecule has 2 rings (SSSR count). The molecule has 1 aliphatic carbocycles. The maximum absolute atomic E-state index is 11.7. The lowest BCUT2D eigenvalue weighted by Crippen LogP contribution is -2.39. The molecule has 0 spiro atoms. The van der Waals surface area contributed by atoms with Gasteiger partial charge in [0.1, 0.15) is 5.75 Å². The van der Waals surface area contributed by atoms with Crippen LogP contribution in [0, 0.1) is 0 Å². The van der Waals surface area contributed by atoms with Crippen LogP contribution in [0.4, 0.5) is 0 Å². The Balaban J connectivity index is 0.00000220. The molecular formula is C16H25ClN2O2. The number of hydrogen-bond donors (Lipinski definition) is 2. The second-order valence-electron chi connectivity index (χ2n) is 5.50. The van der Waals surface area contributed by atoms with Crippen LogP contribution in [0.3, 0.4) is 0 Å². The molecule has 0 radical (unpaired) electrons. The van der Waals surface area contributed by atoms with Gasteiger partial charge in [-0.05, 0) is 18.9 Å². The number of hydrogen-bond acceptors (Lipinski definition) is 3. The Bertz CT molecular complexity index is 459. The van der Waals surface area contributed by atoms with Crippen molar-refractivity contribution in [1.29, 1.82) is 0 Å². The van der Waals surface area contributed by atoms with Crippen LogP contribution in [0.25, 0.3) is 0 Å². The van der Waals surface area contributed by atoms with E-state index < -0.39 is 0 Å². The van der Waals surface area contributed by atoms with Crippen LogP contribution in [0.1, 0.15) is 37.7 Å². The monoisotopic (exact) mass is 312 g/mol. The average molecular weight is 313 g/mol. The van der Waals surface area contributed by atoms with Gasteiger partial charge in [0, 0.05) is 30.5 Å². The maximum Gasteiger partial charge on any atom is 0.221 e. The first-order valence-corrected chi connectivity index (χ1v) is 7.32. The highest BCUT2D eigenvalue weighted by atomic mass is 35.5. The van der Waals surface area contributed by atoms with Gasteiger partial charge in [-0.15, -0.1) is 12.4 Å². The van der Waals surface area contributed by atoms with E-state index in [-0.39, 0.29) is 23.7 Å². The van der Waals surface area contributed by atoms with Gasteiger partial charge in [-0.2, -0.15) is 0 Å². The van der Waals surface area contributed by atoms with E-state index in [1.165, 1.54) is 18.4 Å². The van der Waals surface area contributed by atoms with Gasteiger partial charge in [0.2, 0.25) is 5.91 Å². The third kappa shape index (κ3) is 4.11. The SMILES string of the molecule is COc1ccccc1C1(CNC(=O)CCN)CCCC1.Cl. The smallest absolute Gasteiger partial charge is 0.221 e. The summed E-state index contributed by atoms with van der Waals surface area (Å²) in [5, 5.41) is 3.04. The highest BCUT2D eigenvalue weighted by Crippen LogP contribution is 2.44. The summed E-state index contributed by atoms with van der Waals surface area (Å²) in [5.41, 5.74) is 6.65. The molecule has 118 valence electrons. The molecular weight excluding hydrogens is 288 g/mol. The van der Waals surface area contributed by atoms with E-state index in [1.807, 2.05) is 18.2 Å². The number of ether oxygens (including phenoxy) is 1. The summed E-state index contributed by atoms with van der Waals surface area (Å²) in [6, 6.07) is 8.15. The number of benzene rings is 1. The molecule has 0 bridgehead atoms. The van der Waals surface area contributed by atoms with E-state index in [1.54, 1.807) is 7.11 Å². The fourth-order valence-corrected chi connectivity index (χ4v) is 3.16. The quantitative estimate of drug-likeness (QED) is 0.847. The van der Waals surface area contributed by atoms with Crippen LogP contribution in [-0.4, -0.2) is 26.1 Å². The molecule has 1 aliphatic rings. The molecule has 1 aromatic rings. The summed E-state index contributed by atoms with van der Waals surface area (Å²) in [5.74, 6) is 0.955. The van der Waals surface area contributed by atoms with Crippen molar-refractivity contribution in [3.8, 4) is 5.75 Å². The highest BCUT2D eigenvalue weighted by Gasteiger charge is 2.37. The minimum absolute atomic E-state index is 0. The zero-order valence-corrected chi connectivity index (χ0v) is 13.4. The van der Waals surface area contributed by atoms with Crippen molar-refractivity contribution in [1.82, 2.24) is 5.32 Å². The first-order valence-electron chi connectivity index (χ1n) is 7.32. The number of para-hydroxylation sites is 1. The van der Waals surface area contributed by atoms with Gasteiger partial charge in [0.25, 0.3) is 0 Å². The predicted molar refractivity (Wildman–Crippen MR) is 87.1 cm³/mol. The van der Waals surface area contributed by atoms with Gasteiger partial charge < -0.3 is 15.8 Å². The summed E-state index contributed by atoms with van der Waals surface area (Å²) < 4.78 is 5.50. The van der Waals surface area contributed by atoms with E-state index in [4.69, 9.17) is 10.5 Å². The zero-order valence-electron chi connectivity index (χ0n) is 12.6. The van der Waals surface area contributed by atoms with Crippen LogP contribution < -0.4 is 15.8 Å². The molecule has 0 saturated heterocycles. The van der Waals surface area contributed by atoms with E-state index in [0.717, 1.165) is 18.6 Å². The van der Waals surface area contributed by atoms with Crippen molar-refractivity contribution >= 4 is 18.3 Å². The lowest BCUT2D eigenvalue weighted by atomic mass is 9.78.